The van der Waals surface area contributed by atoms with E-state index in [-0.39, 0.29) is 61.5 Å². The van der Waals surface area contributed by atoms with E-state index in [1.54, 1.807) is 18.2 Å². The van der Waals surface area contributed by atoms with Crippen LogP contribution in [0.5, 0.6) is 0 Å². The summed E-state index contributed by atoms with van der Waals surface area (Å²) in [4.78, 5) is 31.9. The second-order valence-corrected chi connectivity index (χ2v) is 5.28. The molecule has 3 radical (unpaired) electrons. The first-order valence-electron chi connectivity index (χ1n) is 6.37. The van der Waals surface area contributed by atoms with E-state index in [0.29, 0.717) is 23.5 Å². The molecule has 0 unspecified atom stereocenters. The van der Waals surface area contributed by atoms with Gasteiger partial charge in [-0.25, -0.2) is 9.59 Å². The minimum Gasteiger partial charge on any atom is -1.00 e. The smallest absolute Gasteiger partial charge is 1.00 e. The Balaban J connectivity index is 0. The summed E-state index contributed by atoms with van der Waals surface area (Å²) in [6.07, 6.45) is 0.436. The molecule has 2 aromatic carbocycles. The van der Waals surface area contributed by atoms with Crippen LogP contribution in [-0.4, -0.2) is 31.7 Å². The second-order valence-electron chi connectivity index (χ2n) is 4.47. The van der Waals surface area contributed by atoms with Crippen LogP contribution in [0.3, 0.4) is 0 Å². The van der Waals surface area contributed by atoms with E-state index >= 15 is 0 Å². The Morgan fingerprint density at radius 2 is 1.76 bits per heavy atom. The molecule has 5 nitrogen and oxygen atoms in total. The maximum absolute atomic E-state index is 10.9. The van der Waals surface area contributed by atoms with Gasteiger partial charge in [-0.1, -0.05) is 35.3 Å². The standard InChI is InChI=1S/C8H5ClO3.C8H5ClO2.B.Na.H/c9-7-3-1-2-5(8(11)12)6(7)4-10;9-7-3-1-2-5-6(7)4-11-8(5)10;;;/h1-4H,(H,11,12);1-3H,4H2;;;/q;;;+1;-1. The number of fused-ring (bicyclic) bond motifs is 1. The SMILES string of the molecule is O=C1OCc2c(Cl)cccc21.O=Cc1c(Cl)cccc1C(=O)O.[B].[H-].[Na+]. The van der Waals surface area contributed by atoms with Gasteiger partial charge in [0, 0.05) is 24.6 Å². The van der Waals surface area contributed by atoms with Crippen LogP contribution >= 0.6 is 23.2 Å². The summed E-state index contributed by atoms with van der Waals surface area (Å²) in [6, 6.07) is 9.50. The predicted octanol–water partition coefficient (Wildman–Crippen LogP) is 0.597. The molecule has 1 heterocycles. The minimum absolute atomic E-state index is 0. The Labute approximate surface area is 179 Å². The van der Waals surface area contributed by atoms with Crippen molar-refractivity contribution in [2.24, 2.45) is 0 Å². The Bertz CT molecular complexity index is 804. The summed E-state index contributed by atoms with van der Waals surface area (Å²) < 4.78 is 4.78. The fourth-order valence-electron chi connectivity index (χ4n) is 1.96. The van der Waals surface area contributed by atoms with E-state index in [0.717, 1.165) is 5.56 Å². The monoisotopic (exact) mass is 387 g/mol. The molecule has 0 bridgehead atoms. The van der Waals surface area contributed by atoms with Crippen molar-refractivity contribution in [3.63, 3.8) is 0 Å². The number of hydrogen-bond donors (Lipinski definition) is 1. The molecule has 9 heteroatoms. The van der Waals surface area contributed by atoms with Crippen LogP contribution < -0.4 is 29.6 Å². The third-order valence-corrected chi connectivity index (χ3v) is 3.77. The number of carboxylic acids is 1. The largest absolute Gasteiger partial charge is 1.00 e. The number of carboxylic acid groups (broad SMARTS) is 1. The molecule has 1 aliphatic heterocycles. The van der Waals surface area contributed by atoms with Crippen molar-refractivity contribution in [1.29, 1.82) is 0 Å². The topological polar surface area (TPSA) is 80.7 Å². The third kappa shape index (κ3) is 5.59. The molecule has 123 valence electrons. The zero-order valence-corrected chi connectivity index (χ0v) is 16.7. The number of ether oxygens (including phenoxy) is 1. The van der Waals surface area contributed by atoms with E-state index < -0.39 is 5.97 Å². The van der Waals surface area contributed by atoms with Gasteiger partial charge >= 0.3 is 41.5 Å². The van der Waals surface area contributed by atoms with Gasteiger partial charge < -0.3 is 11.3 Å². The summed E-state index contributed by atoms with van der Waals surface area (Å²) in [5.41, 5.74) is 1.35. The van der Waals surface area contributed by atoms with Gasteiger partial charge in [-0.05, 0) is 24.3 Å². The van der Waals surface area contributed by atoms with Crippen molar-refractivity contribution in [1.82, 2.24) is 0 Å². The summed E-state index contributed by atoms with van der Waals surface area (Å²) >= 11 is 11.4. The first-order chi connectivity index (χ1) is 11.0. The van der Waals surface area contributed by atoms with Crippen molar-refractivity contribution in [3.05, 3.63) is 68.7 Å². The van der Waals surface area contributed by atoms with Crippen LogP contribution in [-0.2, 0) is 11.3 Å². The summed E-state index contributed by atoms with van der Waals surface area (Å²) in [7, 11) is 0. The van der Waals surface area contributed by atoms with E-state index in [1.165, 1.54) is 18.2 Å². The molecule has 1 aliphatic rings. The number of aldehydes is 1. The first-order valence-corrected chi connectivity index (χ1v) is 7.12. The van der Waals surface area contributed by atoms with Crippen LogP contribution in [0.25, 0.3) is 0 Å². The zero-order chi connectivity index (χ0) is 17.0. The number of carbonyl (C=O) groups excluding carboxylic acids is 2. The van der Waals surface area contributed by atoms with Crippen LogP contribution in [0.4, 0.5) is 0 Å². The molecule has 0 aliphatic carbocycles. The third-order valence-electron chi connectivity index (χ3n) is 3.09. The van der Waals surface area contributed by atoms with Gasteiger partial charge in [-0.15, -0.1) is 0 Å². The Kier molecular flexibility index (Phi) is 10.1. The summed E-state index contributed by atoms with van der Waals surface area (Å²) in [5.74, 6) is -1.43. The average molecular weight is 388 g/mol. The van der Waals surface area contributed by atoms with Crippen molar-refractivity contribution >= 4 is 49.8 Å². The van der Waals surface area contributed by atoms with E-state index in [1.807, 2.05) is 0 Å². The molecule has 0 spiro atoms. The van der Waals surface area contributed by atoms with Crippen molar-refractivity contribution in [2.45, 2.75) is 6.61 Å². The number of benzene rings is 2. The Hall–Kier alpha value is -1.31. The number of esters is 1. The van der Waals surface area contributed by atoms with E-state index in [4.69, 9.17) is 33.0 Å². The van der Waals surface area contributed by atoms with E-state index in [9.17, 15) is 14.4 Å². The molecule has 0 aromatic heterocycles. The van der Waals surface area contributed by atoms with Crippen molar-refractivity contribution in [3.8, 4) is 0 Å². The first kappa shape index (κ1) is 23.7. The van der Waals surface area contributed by atoms with E-state index in [2.05, 4.69) is 0 Å². The molecular formula is C16H11BCl2NaO5. The Morgan fingerprint density at radius 3 is 2.28 bits per heavy atom. The number of carbonyl (C=O) groups is 3. The van der Waals surface area contributed by atoms with Gasteiger partial charge in [-0.3, -0.25) is 4.79 Å². The molecule has 0 saturated carbocycles. The van der Waals surface area contributed by atoms with Crippen LogP contribution in [0.2, 0.25) is 10.0 Å². The second kappa shape index (κ2) is 10.6. The number of rotatable bonds is 2. The van der Waals surface area contributed by atoms with Gasteiger partial charge in [0.15, 0.2) is 6.29 Å². The maximum atomic E-state index is 10.9. The van der Waals surface area contributed by atoms with Gasteiger partial charge in [0.05, 0.1) is 16.1 Å². The molecule has 0 saturated heterocycles. The molecule has 2 aromatic rings. The van der Waals surface area contributed by atoms with Crippen molar-refractivity contribution < 1.29 is 55.2 Å². The quantitative estimate of drug-likeness (QED) is 0.463. The number of cyclic esters (lactones) is 1. The summed E-state index contributed by atoms with van der Waals surface area (Å²) in [5, 5.41) is 9.37. The molecule has 1 N–H and O–H groups in total. The van der Waals surface area contributed by atoms with Gasteiger partial charge in [0.25, 0.3) is 0 Å². The van der Waals surface area contributed by atoms with Crippen LogP contribution in [0.1, 0.15) is 38.1 Å². The van der Waals surface area contributed by atoms with Crippen molar-refractivity contribution in [2.75, 3.05) is 0 Å². The normalized spacial score (nSPS) is 10.9. The molecule has 25 heavy (non-hydrogen) atoms. The fourth-order valence-corrected chi connectivity index (χ4v) is 2.40. The molecule has 0 fully saturated rings. The number of aromatic carboxylic acids is 1. The summed E-state index contributed by atoms with van der Waals surface area (Å²) in [6.45, 7) is 0.313. The van der Waals surface area contributed by atoms with Gasteiger partial charge in [0.2, 0.25) is 0 Å². The number of hydrogen-bond acceptors (Lipinski definition) is 4. The average Bonchev–Trinajstić information content (AvgIpc) is 2.90. The fraction of sp³-hybridized carbons (Fsp3) is 0.0625. The maximum Gasteiger partial charge on any atom is 1.00 e. The van der Waals surface area contributed by atoms with Crippen LogP contribution in [0, 0.1) is 0 Å². The Morgan fingerprint density at radius 1 is 1.16 bits per heavy atom. The minimum atomic E-state index is -1.15. The van der Waals surface area contributed by atoms with Crippen LogP contribution in [0.15, 0.2) is 36.4 Å². The molecular weight excluding hydrogens is 377 g/mol. The van der Waals surface area contributed by atoms with Gasteiger partial charge in [-0.2, -0.15) is 0 Å². The molecule has 0 atom stereocenters. The van der Waals surface area contributed by atoms with Gasteiger partial charge in [0.1, 0.15) is 6.61 Å². The predicted molar refractivity (Wildman–Crippen MR) is 91.2 cm³/mol. The number of halogens is 2. The zero-order valence-electron chi connectivity index (χ0n) is 14.2. The molecule has 0 amide bonds. The molecule has 3 rings (SSSR count).